The molecular weight excluding hydrogens is 353 g/mol. The van der Waals surface area contributed by atoms with E-state index in [4.69, 9.17) is 4.52 Å². The van der Waals surface area contributed by atoms with Gasteiger partial charge in [0, 0.05) is 0 Å². The number of hydrogen-bond donors (Lipinski definition) is 0. The lowest BCUT2D eigenvalue weighted by Gasteiger charge is -2.39. The second-order valence-electron chi connectivity index (χ2n) is 9.00. The summed E-state index contributed by atoms with van der Waals surface area (Å²) in [7, 11) is -0.700. The van der Waals surface area contributed by atoms with Crippen LogP contribution in [-0.4, -0.2) is 30.9 Å². The first-order valence-corrected chi connectivity index (χ1v) is 12.8. The predicted molar refractivity (Wildman–Crippen MR) is 116 cm³/mol. The van der Waals surface area contributed by atoms with Crippen LogP contribution in [0.5, 0.6) is 0 Å². The Labute approximate surface area is 167 Å². The standard InChI is InChI=1S/C23H40NO2P/c1-6-7-15-24(5)18-27(25,17-21-11-9-8-10-12-21)26-23-16-20(4)13-14-22(23)19(2)3/h8-12,19-20,22-23H,6-7,13-18H2,1-5H3. The van der Waals surface area contributed by atoms with E-state index in [1.165, 1.54) is 12.8 Å². The summed E-state index contributed by atoms with van der Waals surface area (Å²) in [6.45, 7) is 10.1. The number of unbranched alkanes of at least 4 members (excludes halogenated alkanes) is 1. The van der Waals surface area contributed by atoms with E-state index in [2.05, 4.69) is 51.8 Å². The molecule has 1 aliphatic rings. The van der Waals surface area contributed by atoms with Crippen molar-refractivity contribution < 1.29 is 9.09 Å². The minimum atomic E-state index is -2.78. The fraction of sp³-hybridized carbons (Fsp3) is 0.739. The van der Waals surface area contributed by atoms with Gasteiger partial charge in [-0.15, -0.1) is 0 Å². The molecule has 1 aromatic carbocycles. The molecule has 0 bridgehead atoms. The Morgan fingerprint density at radius 2 is 1.93 bits per heavy atom. The fourth-order valence-corrected chi connectivity index (χ4v) is 6.95. The van der Waals surface area contributed by atoms with Gasteiger partial charge in [0.1, 0.15) is 0 Å². The van der Waals surface area contributed by atoms with E-state index in [1.54, 1.807) is 0 Å². The van der Waals surface area contributed by atoms with Crippen LogP contribution in [0.2, 0.25) is 0 Å². The molecule has 27 heavy (non-hydrogen) atoms. The molecule has 154 valence electrons. The van der Waals surface area contributed by atoms with Crippen molar-refractivity contribution in [2.75, 3.05) is 19.9 Å². The average Bonchev–Trinajstić information content (AvgIpc) is 2.60. The van der Waals surface area contributed by atoms with Gasteiger partial charge in [-0.2, -0.15) is 0 Å². The Morgan fingerprint density at radius 1 is 1.22 bits per heavy atom. The SMILES string of the molecule is CCCCN(C)CP(=O)(Cc1ccccc1)OC1CC(C)CCC1C(C)C. The lowest BCUT2D eigenvalue weighted by molar-refractivity contribution is 0.0463. The van der Waals surface area contributed by atoms with Crippen LogP contribution in [0.4, 0.5) is 0 Å². The molecule has 0 N–H and O–H groups in total. The Hall–Kier alpha value is -0.630. The van der Waals surface area contributed by atoms with Crippen molar-refractivity contribution in [3.05, 3.63) is 35.9 Å². The maximum Gasteiger partial charge on any atom is 0.221 e. The molecule has 1 aromatic rings. The largest absolute Gasteiger partial charge is 0.324 e. The van der Waals surface area contributed by atoms with E-state index >= 15 is 0 Å². The van der Waals surface area contributed by atoms with Gasteiger partial charge < -0.3 is 4.52 Å². The fourth-order valence-electron chi connectivity index (χ4n) is 4.33. The topological polar surface area (TPSA) is 29.5 Å². The van der Waals surface area contributed by atoms with Crippen LogP contribution in [0, 0.1) is 17.8 Å². The van der Waals surface area contributed by atoms with E-state index in [1.807, 2.05) is 18.2 Å². The molecule has 0 saturated heterocycles. The van der Waals surface area contributed by atoms with Crippen LogP contribution in [0.15, 0.2) is 30.3 Å². The lowest BCUT2D eigenvalue weighted by Crippen LogP contribution is -2.35. The third-order valence-corrected chi connectivity index (χ3v) is 8.32. The van der Waals surface area contributed by atoms with Crippen LogP contribution in [-0.2, 0) is 15.3 Å². The van der Waals surface area contributed by atoms with Gasteiger partial charge in [0.15, 0.2) is 0 Å². The molecule has 4 heteroatoms. The van der Waals surface area contributed by atoms with Crippen LogP contribution in [0.3, 0.4) is 0 Å². The predicted octanol–water partition coefficient (Wildman–Crippen LogP) is 6.63. The molecule has 0 aliphatic heterocycles. The van der Waals surface area contributed by atoms with Gasteiger partial charge in [0.25, 0.3) is 0 Å². The zero-order valence-corrected chi connectivity index (χ0v) is 19.0. The Balaban J connectivity index is 2.18. The smallest absolute Gasteiger partial charge is 0.221 e. The molecule has 4 atom stereocenters. The van der Waals surface area contributed by atoms with Gasteiger partial charge in [0.2, 0.25) is 7.37 Å². The molecule has 1 fully saturated rings. The van der Waals surface area contributed by atoms with Gasteiger partial charge in [-0.25, -0.2) is 0 Å². The maximum absolute atomic E-state index is 14.0. The molecule has 1 aliphatic carbocycles. The van der Waals surface area contributed by atoms with E-state index in [0.29, 0.717) is 30.2 Å². The first-order chi connectivity index (χ1) is 12.8. The summed E-state index contributed by atoms with van der Waals surface area (Å²) in [6, 6.07) is 10.2. The Bertz CT molecular complexity index is 589. The number of nitrogens with zero attached hydrogens (tertiary/aromatic N) is 1. The highest BCUT2D eigenvalue weighted by Gasteiger charge is 2.37. The van der Waals surface area contributed by atoms with Crippen molar-refractivity contribution in [3.63, 3.8) is 0 Å². The van der Waals surface area contributed by atoms with Crippen molar-refractivity contribution in [1.82, 2.24) is 4.90 Å². The van der Waals surface area contributed by atoms with Gasteiger partial charge >= 0.3 is 0 Å². The second-order valence-corrected chi connectivity index (χ2v) is 11.4. The van der Waals surface area contributed by atoms with Gasteiger partial charge in [-0.3, -0.25) is 9.46 Å². The molecular formula is C23H40NO2P. The van der Waals surface area contributed by atoms with E-state index in [0.717, 1.165) is 31.4 Å². The Morgan fingerprint density at radius 3 is 2.56 bits per heavy atom. The van der Waals surface area contributed by atoms with Crippen LogP contribution >= 0.6 is 7.37 Å². The maximum atomic E-state index is 14.0. The molecule has 0 heterocycles. The van der Waals surface area contributed by atoms with Crippen molar-refractivity contribution in [2.24, 2.45) is 17.8 Å². The second kappa shape index (κ2) is 10.8. The third-order valence-electron chi connectivity index (χ3n) is 5.91. The zero-order chi connectivity index (χ0) is 19.9. The average molecular weight is 394 g/mol. The van der Waals surface area contributed by atoms with E-state index < -0.39 is 7.37 Å². The number of benzene rings is 1. The first kappa shape index (κ1) is 22.7. The van der Waals surface area contributed by atoms with Crippen molar-refractivity contribution in [2.45, 2.75) is 72.1 Å². The highest BCUT2D eigenvalue weighted by molar-refractivity contribution is 7.58. The number of hydrogen-bond acceptors (Lipinski definition) is 3. The first-order valence-electron chi connectivity index (χ1n) is 10.8. The van der Waals surface area contributed by atoms with Crippen LogP contribution < -0.4 is 0 Å². The summed E-state index contributed by atoms with van der Waals surface area (Å²) in [4.78, 5) is 2.21. The zero-order valence-electron chi connectivity index (χ0n) is 18.1. The van der Waals surface area contributed by atoms with Crippen molar-refractivity contribution in [3.8, 4) is 0 Å². The van der Waals surface area contributed by atoms with Crippen molar-refractivity contribution >= 4 is 7.37 Å². The summed E-state index contributed by atoms with van der Waals surface area (Å²) >= 11 is 0. The highest BCUT2D eigenvalue weighted by Crippen LogP contribution is 2.54. The van der Waals surface area contributed by atoms with Crippen LogP contribution in [0.25, 0.3) is 0 Å². The quantitative estimate of drug-likeness (QED) is 0.418. The monoisotopic (exact) mass is 393 g/mol. The minimum absolute atomic E-state index is 0.128. The molecule has 4 unspecified atom stereocenters. The summed E-state index contributed by atoms with van der Waals surface area (Å²) in [5, 5.41) is 0. The molecule has 2 rings (SSSR count). The van der Waals surface area contributed by atoms with Gasteiger partial charge in [0.05, 0.1) is 18.6 Å². The summed E-state index contributed by atoms with van der Waals surface area (Å²) in [6.07, 6.45) is 7.02. The van der Waals surface area contributed by atoms with Gasteiger partial charge in [-0.1, -0.05) is 70.9 Å². The van der Waals surface area contributed by atoms with E-state index in [9.17, 15) is 4.57 Å². The molecule has 0 radical (unpaired) electrons. The highest BCUT2D eigenvalue weighted by atomic mass is 31.2. The van der Waals surface area contributed by atoms with Crippen LogP contribution in [0.1, 0.15) is 65.4 Å². The summed E-state index contributed by atoms with van der Waals surface area (Å²) < 4.78 is 20.6. The molecule has 0 spiro atoms. The summed E-state index contributed by atoms with van der Waals surface area (Å²) in [5.41, 5.74) is 1.12. The molecule has 0 amide bonds. The summed E-state index contributed by atoms with van der Waals surface area (Å²) in [5.74, 6) is 1.75. The molecule has 3 nitrogen and oxygen atoms in total. The van der Waals surface area contributed by atoms with E-state index in [-0.39, 0.29) is 6.10 Å². The lowest BCUT2D eigenvalue weighted by atomic mass is 9.75. The number of rotatable bonds is 10. The molecule has 1 saturated carbocycles. The van der Waals surface area contributed by atoms with Gasteiger partial charge in [-0.05, 0) is 56.2 Å². The Kier molecular flexibility index (Phi) is 9.05. The minimum Gasteiger partial charge on any atom is -0.324 e. The molecule has 0 aromatic heterocycles. The van der Waals surface area contributed by atoms with Crippen molar-refractivity contribution in [1.29, 1.82) is 0 Å². The normalized spacial score (nSPS) is 25.7. The third kappa shape index (κ3) is 7.37.